The van der Waals surface area contributed by atoms with Crippen molar-refractivity contribution in [2.24, 2.45) is 11.8 Å². The molecule has 132 valence electrons. The number of hydrogen-bond donors (Lipinski definition) is 0. The lowest BCUT2D eigenvalue weighted by atomic mass is 9.54. The Bertz CT molecular complexity index is 479. The van der Waals surface area contributed by atoms with Crippen LogP contribution in [0.5, 0.6) is 0 Å². The summed E-state index contributed by atoms with van der Waals surface area (Å²) in [5.74, 6) is -4.86. The zero-order valence-electron chi connectivity index (χ0n) is 13.1. The Labute approximate surface area is 132 Å². The van der Waals surface area contributed by atoms with E-state index in [9.17, 15) is 28.1 Å². The first kappa shape index (κ1) is 18.0. The molecule has 23 heavy (non-hydrogen) atoms. The van der Waals surface area contributed by atoms with Crippen LogP contribution in [0.25, 0.3) is 0 Å². The number of carbonyl (C=O) groups is 1. The van der Waals surface area contributed by atoms with Gasteiger partial charge < -0.3 is 4.74 Å². The van der Waals surface area contributed by atoms with E-state index in [0.717, 1.165) is 19.3 Å². The lowest BCUT2D eigenvalue weighted by Gasteiger charge is -2.58. The van der Waals surface area contributed by atoms with E-state index in [4.69, 9.17) is 4.74 Å². The smallest absolute Gasteiger partial charge is 0.399 e. The minimum atomic E-state index is -4.82. The third kappa shape index (κ3) is 2.90. The van der Waals surface area contributed by atoms with Crippen molar-refractivity contribution < 1.29 is 27.6 Å². The van der Waals surface area contributed by atoms with Gasteiger partial charge >= 0.3 is 12.1 Å². The summed E-state index contributed by atoms with van der Waals surface area (Å²) in [5.41, 5.74) is -1.46. The highest BCUT2D eigenvalue weighted by molar-refractivity contribution is 5.77. The number of alkyl halides is 3. The van der Waals surface area contributed by atoms with Crippen LogP contribution in [0.1, 0.15) is 33.1 Å². The third-order valence-corrected chi connectivity index (χ3v) is 5.11. The Balaban J connectivity index is 2.41. The zero-order chi connectivity index (χ0) is 17.4. The fourth-order valence-corrected chi connectivity index (χ4v) is 4.06. The molecule has 0 unspecified atom stereocenters. The van der Waals surface area contributed by atoms with E-state index < -0.39 is 40.5 Å². The number of ether oxygens (including phenoxy) is 1. The molecule has 6 nitrogen and oxygen atoms in total. The largest absolute Gasteiger partial charge is 0.466 e. The highest BCUT2D eigenvalue weighted by Gasteiger charge is 2.79. The Morgan fingerprint density at radius 2 is 1.91 bits per heavy atom. The number of esters is 1. The van der Waals surface area contributed by atoms with Crippen LogP contribution in [0, 0.1) is 22.0 Å². The van der Waals surface area contributed by atoms with Crippen LogP contribution in [0.3, 0.4) is 0 Å². The Morgan fingerprint density at radius 3 is 2.35 bits per heavy atom. The molecule has 2 fully saturated rings. The highest BCUT2D eigenvalue weighted by Crippen LogP contribution is 2.56. The maximum absolute atomic E-state index is 13.3. The first-order valence-corrected chi connectivity index (χ1v) is 7.77. The molecular weight excluding hydrogens is 317 g/mol. The number of nitrogens with zero attached hydrogens (tertiary/aromatic N) is 2. The molecule has 0 amide bonds. The summed E-state index contributed by atoms with van der Waals surface area (Å²) in [6.07, 6.45) is -2.37. The summed E-state index contributed by atoms with van der Waals surface area (Å²) < 4.78 is 44.8. The number of piperidine rings is 1. The van der Waals surface area contributed by atoms with E-state index in [1.54, 1.807) is 4.90 Å². The van der Waals surface area contributed by atoms with Gasteiger partial charge in [0.15, 0.2) is 0 Å². The molecule has 4 atom stereocenters. The molecule has 0 aromatic heterocycles. The van der Waals surface area contributed by atoms with Crippen molar-refractivity contribution in [2.75, 3.05) is 19.7 Å². The van der Waals surface area contributed by atoms with Crippen molar-refractivity contribution >= 4 is 5.97 Å². The molecule has 1 aliphatic carbocycles. The molecule has 0 bridgehead atoms. The normalized spacial score (nSPS) is 35.4. The van der Waals surface area contributed by atoms with Gasteiger partial charge in [0.05, 0.1) is 12.5 Å². The number of halogens is 3. The van der Waals surface area contributed by atoms with E-state index in [1.807, 2.05) is 0 Å². The van der Waals surface area contributed by atoms with Crippen LogP contribution in [0.15, 0.2) is 0 Å². The molecule has 0 radical (unpaired) electrons. The van der Waals surface area contributed by atoms with Crippen molar-refractivity contribution in [3.8, 4) is 0 Å². The van der Waals surface area contributed by atoms with Gasteiger partial charge in [-0.3, -0.25) is 19.8 Å². The van der Waals surface area contributed by atoms with E-state index in [-0.39, 0.29) is 6.61 Å². The molecule has 0 aromatic carbocycles. The van der Waals surface area contributed by atoms with Gasteiger partial charge in [-0.05, 0) is 39.8 Å². The molecule has 9 heteroatoms. The second-order valence-electron chi connectivity index (χ2n) is 6.30. The summed E-state index contributed by atoms with van der Waals surface area (Å²) >= 11 is 0. The molecule has 1 saturated heterocycles. The van der Waals surface area contributed by atoms with E-state index >= 15 is 0 Å². The molecular formula is C14H21F3N2O4. The molecule has 1 heterocycles. The van der Waals surface area contributed by atoms with Gasteiger partial charge in [0.25, 0.3) is 0 Å². The summed E-state index contributed by atoms with van der Waals surface area (Å²) in [4.78, 5) is 24.3. The number of carbonyl (C=O) groups excluding carboxylic acids is 1. The summed E-state index contributed by atoms with van der Waals surface area (Å²) in [6.45, 7) is 3.76. The highest BCUT2D eigenvalue weighted by atomic mass is 19.4. The number of likely N-dealkylation sites (tertiary alicyclic amines) is 1. The summed E-state index contributed by atoms with van der Waals surface area (Å²) in [7, 11) is 0. The van der Waals surface area contributed by atoms with Gasteiger partial charge in [-0.25, -0.2) is 0 Å². The standard InChI is InChI=1S/C14H21F3N2O4/c1-3-23-12(20)10-9(14(15,16)17)11(19(21)22)13(10,2)18-7-5-4-6-8-18/h9-11H,3-8H2,1-2H3/t9-,10+,11+,13+/m0/s1. The number of nitro groups is 1. The van der Waals surface area contributed by atoms with Crippen molar-refractivity contribution in [2.45, 2.75) is 50.9 Å². The van der Waals surface area contributed by atoms with Crippen LogP contribution < -0.4 is 0 Å². The van der Waals surface area contributed by atoms with E-state index in [1.165, 1.54) is 13.8 Å². The Morgan fingerprint density at radius 1 is 1.35 bits per heavy atom. The molecule has 1 aliphatic heterocycles. The fourth-order valence-electron chi connectivity index (χ4n) is 4.06. The van der Waals surface area contributed by atoms with Crippen molar-refractivity contribution in [3.05, 3.63) is 10.1 Å². The monoisotopic (exact) mass is 338 g/mol. The minimum absolute atomic E-state index is 0.0564. The van der Waals surface area contributed by atoms with E-state index in [2.05, 4.69) is 0 Å². The first-order chi connectivity index (χ1) is 10.7. The fraction of sp³-hybridized carbons (Fsp3) is 0.929. The number of hydrogen-bond acceptors (Lipinski definition) is 5. The summed E-state index contributed by atoms with van der Waals surface area (Å²) in [5, 5.41) is 11.3. The molecule has 0 aromatic rings. The SMILES string of the molecule is CCOC(=O)[C@H]1[C@H](C(F)(F)F)[C@@H]([N+](=O)[O-])[C@]1(C)N1CCCCC1. The van der Waals surface area contributed by atoms with Gasteiger partial charge in [0, 0.05) is 4.92 Å². The lowest BCUT2D eigenvalue weighted by molar-refractivity contribution is -0.588. The molecule has 2 aliphatic rings. The van der Waals surface area contributed by atoms with Crippen LogP contribution >= 0.6 is 0 Å². The second kappa shape index (κ2) is 6.26. The second-order valence-corrected chi connectivity index (χ2v) is 6.30. The zero-order valence-corrected chi connectivity index (χ0v) is 13.1. The third-order valence-electron chi connectivity index (χ3n) is 5.11. The predicted molar refractivity (Wildman–Crippen MR) is 74.3 cm³/mol. The number of rotatable bonds is 4. The topological polar surface area (TPSA) is 72.7 Å². The predicted octanol–water partition coefficient (Wildman–Crippen LogP) is 2.25. The van der Waals surface area contributed by atoms with Crippen LogP contribution in [-0.2, 0) is 9.53 Å². The van der Waals surface area contributed by atoms with Gasteiger partial charge in [-0.15, -0.1) is 0 Å². The molecule has 0 N–H and O–H groups in total. The van der Waals surface area contributed by atoms with Crippen molar-refractivity contribution in [3.63, 3.8) is 0 Å². The van der Waals surface area contributed by atoms with Crippen molar-refractivity contribution in [1.29, 1.82) is 0 Å². The van der Waals surface area contributed by atoms with Gasteiger partial charge in [0.2, 0.25) is 6.04 Å². The maximum atomic E-state index is 13.3. The summed E-state index contributed by atoms with van der Waals surface area (Å²) in [6, 6.07) is -1.85. The van der Waals surface area contributed by atoms with Crippen LogP contribution in [0.2, 0.25) is 0 Å². The lowest BCUT2D eigenvalue weighted by Crippen LogP contribution is -2.79. The Kier molecular flexibility index (Phi) is 4.89. The average Bonchev–Trinajstić information content (AvgIpc) is 2.44. The Hall–Kier alpha value is -1.38. The minimum Gasteiger partial charge on any atom is -0.466 e. The average molecular weight is 338 g/mol. The van der Waals surface area contributed by atoms with Crippen LogP contribution in [-0.4, -0.2) is 53.2 Å². The van der Waals surface area contributed by atoms with Gasteiger partial charge in [0.1, 0.15) is 11.5 Å². The molecule has 1 saturated carbocycles. The first-order valence-electron chi connectivity index (χ1n) is 7.77. The molecule has 2 rings (SSSR count). The van der Waals surface area contributed by atoms with Gasteiger partial charge in [-0.1, -0.05) is 6.42 Å². The quantitative estimate of drug-likeness (QED) is 0.447. The molecule has 0 spiro atoms. The van der Waals surface area contributed by atoms with E-state index in [0.29, 0.717) is 13.1 Å². The van der Waals surface area contributed by atoms with Crippen LogP contribution in [0.4, 0.5) is 13.2 Å². The maximum Gasteiger partial charge on any atom is 0.399 e. The van der Waals surface area contributed by atoms with Crippen molar-refractivity contribution in [1.82, 2.24) is 4.90 Å². The van der Waals surface area contributed by atoms with Gasteiger partial charge in [-0.2, -0.15) is 13.2 Å².